The smallest absolute Gasteiger partial charge is 0.328 e. The first kappa shape index (κ1) is 14.5. The number of carboxylic acid groups (broad SMARTS) is 1. The van der Waals surface area contributed by atoms with Crippen molar-refractivity contribution >= 4 is 12.0 Å². The van der Waals surface area contributed by atoms with Crippen molar-refractivity contribution in [3.8, 4) is 0 Å². The van der Waals surface area contributed by atoms with Crippen LogP contribution in [0.25, 0.3) is 6.08 Å². The van der Waals surface area contributed by atoms with Crippen molar-refractivity contribution in [1.82, 2.24) is 0 Å². The highest BCUT2D eigenvalue weighted by atomic mass is 16.4. The van der Waals surface area contributed by atoms with Gasteiger partial charge in [-0.3, -0.25) is 0 Å². The van der Waals surface area contributed by atoms with E-state index in [1.54, 1.807) is 6.08 Å². The van der Waals surface area contributed by atoms with Gasteiger partial charge in [-0.15, -0.1) is 0 Å². The number of aliphatic carboxylic acids is 1. The van der Waals surface area contributed by atoms with Crippen LogP contribution in [0, 0.1) is 6.92 Å². The summed E-state index contributed by atoms with van der Waals surface area (Å²) in [5.41, 5.74) is 3.41. The van der Waals surface area contributed by atoms with Crippen LogP contribution in [0.4, 0.5) is 0 Å². The number of benzene rings is 1. The predicted octanol–water partition coefficient (Wildman–Crippen LogP) is 4.22. The molecule has 0 saturated heterocycles. The maximum Gasteiger partial charge on any atom is 0.328 e. The van der Waals surface area contributed by atoms with Crippen LogP contribution in [-0.4, -0.2) is 11.1 Å². The van der Waals surface area contributed by atoms with Crippen LogP contribution in [0.15, 0.2) is 24.3 Å². The van der Waals surface area contributed by atoms with Crippen molar-refractivity contribution in [3.63, 3.8) is 0 Å². The molecule has 0 atom stereocenters. The molecule has 0 aliphatic heterocycles. The van der Waals surface area contributed by atoms with Gasteiger partial charge in [-0.1, -0.05) is 44.4 Å². The number of unbranched alkanes of at least 4 members (excludes halogenated alkanes) is 3. The lowest BCUT2D eigenvalue weighted by Gasteiger charge is -2.05. The van der Waals surface area contributed by atoms with Crippen molar-refractivity contribution in [2.24, 2.45) is 0 Å². The highest BCUT2D eigenvalue weighted by molar-refractivity contribution is 5.85. The van der Waals surface area contributed by atoms with Gasteiger partial charge in [0, 0.05) is 6.08 Å². The molecule has 1 aromatic carbocycles. The zero-order chi connectivity index (χ0) is 13.4. The summed E-state index contributed by atoms with van der Waals surface area (Å²) in [5.74, 6) is -0.900. The summed E-state index contributed by atoms with van der Waals surface area (Å²) in [6.45, 7) is 4.21. The fourth-order valence-corrected chi connectivity index (χ4v) is 1.94. The van der Waals surface area contributed by atoms with Gasteiger partial charge in [0.1, 0.15) is 0 Å². The first-order valence-corrected chi connectivity index (χ1v) is 6.64. The average Bonchev–Trinajstić information content (AvgIpc) is 2.34. The summed E-state index contributed by atoms with van der Waals surface area (Å²) in [4.78, 5) is 10.5. The third-order valence-electron chi connectivity index (χ3n) is 3.07. The Balaban J connectivity index is 2.65. The van der Waals surface area contributed by atoms with E-state index >= 15 is 0 Å². The van der Waals surface area contributed by atoms with Crippen LogP contribution in [0.3, 0.4) is 0 Å². The molecule has 0 aliphatic rings. The Morgan fingerprint density at radius 1 is 1.28 bits per heavy atom. The number of aryl methyl sites for hydroxylation is 2. The van der Waals surface area contributed by atoms with Crippen LogP contribution in [0.2, 0.25) is 0 Å². The van der Waals surface area contributed by atoms with E-state index in [1.807, 2.05) is 6.92 Å². The first-order valence-electron chi connectivity index (χ1n) is 6.64. The van der Waals surface area contributed by atoms with Gasteiger partial charge in [-0.2, -0.15) is 0 Å². The summed E-state index contributed by atoms with van der Waals surface area (Å²) >= 11 is 0. The Morgan fingerprint density at radius 3 is 2.72 bits per heavy atom. The second kappa shape index (κ2) is 7.70. The molecule has 18 heavy (non-hydrogen) atoms. The standard InChI is InChI=1S/C16H22O2/c1-3-4-5-6-7-14-9-8-13(2)15(12-14)10-11-16(17)18/h8-12H,3-7H2,1-2H3,(H,17,18). The minimum atomic E-state index is -0.900. The van der Waals surface area contributed by atoms with Crippen molar-refractivity contribution in [2.75, 3.05) is 0 Å². The molecular formula is C16H22O2. The molecule has 2 heteroatoms. The molecule has 2 nitrogen and oxygen atoms in total. The maximum absolute atomic E-state index is 10.5. The Hall–Kier alpha value is -1.57. The number of carboxylic acids is 1. The van der Waals surface area contributed by atoms with Crippen molar-refractivity contribution < 1.29 is 9.90 Å². The lowest BCUT2D eigenvalue weighted by atomic mass is 10.0. The zero-order valence-corrected chi connectivity index (χ0v) is 11.3. The van der Waals surface area contributed by atoms with Crippen LogP contribution in [0.1, 0.15) is 49.3 Å². The molecule has 0 bridgehead atoms. The topological polar surface area (TPSA) is 37.3 Å². The lowest BCUT2D eigenvalue weighted by molar-refractivity contribution is -0.131. The van der Waals surface area contributed by atoms with Crippen LogP contribution < -0.4 is 0 Å². The van der Waals surface area contributed by atoms with Crippen molar-refractivity contribution in [2.45, 2.75) is 46.0 Å². The van der Waals surface area contributed by atoms with Gasteiger partial charge in [-0.25, -0.2) is 4.79 Å². The number of carbonyl (C=O) groups is 1. The molecule has 1 N–H and O–H groups in total. The van der Waals surface area contributed by atoms with E-state index in [1.165, 1.54) is 37.3 Å². The molecule has 0 spiro atoms. The van der Waals surface area contributed by atoms with Gasteiger partial charge in [0.15, 0.2) is 0 Å². The highest BCUT2D eigenvalue weighted by Gasteiger charge is 1.99. The molecule has 98 valence electrons. The van der Waals surface area contributed by atoms with Gasteiger partial charge in [0.2, 0.25) is 0 Å². The Morgan fingerprint density at radius 2 is 2.06 bits per heavy atom. The molecule has 0 fully saturated rings. The Kier molecular flexibility index (Phi) is 6.20. The van der Waals surface area contributed by atoms with E-state index in [0.29, 0.717) is 0 Å². The van der Waals surface area contributed by atoms with E-state index in [2.05, 4.69) is 25.1 Å². The van der Waals surface area contributed by atoms with Crippen LogP contribution >= 0.6 is 0 Å². The van der Waals surface area contributed by atoms with E-state index in [9.17, 15) is 4.79 Å². The molecule has 0 unspecified atom stereocenters. The van der Waals surface area contributed by atoms with Gasteiger partial charge in [-0.05, 0) is 42.5 Å². The first-order chi connectivity index (χ1) is 8.63. The minimum Gasteiger partial charge on any atom is -0.478 e. The quantitative estimate of drug-likeness (QED) is 0.578. The largest absolute Gasteiger partial charge is 0.478 e. The van der Waals surface area contributed by atoms with Gasteiger partial charge in [0.05, 0.1) is 0 Å². The maximum atomic E-state index is 10.5. The van der Waals surface area contributed by atoms with Crippen LogP contribution in [-0.2, 0) is 11.2 Å². The summed E-state index contributed by atoms with van der Waals surface area (Å²) in [6.07, 6.45) is 8.96. The average molecular weight is 246 g/mol. The van der Waals surface area contributed by atoms with E-state index in [-0.39, 0.29) is 0 Å². The SMILES string of the molecule is CCCCCCc1ccc(C)c(C=CC(=O)O)c1. The molecule has 0 amide bonds. The molecule has 0 saturated carbocycles. The summed E-state index contributed by atoms with van der Waals surface area (Å²) in [5, 5.41) is 8.65. The Labute approximate surface area is 109 Å². The molecule has 0 aliphatic carbocycles. The van der Waals surface area contributed by atoms with Crippen molar-refractivity contribution in [1.29, 1.82) is 0 Å². The second-order valence-electron chi connectivity index (χ2n) is 4.67. The number of rotatable bonds is 7. The monoisotopic (exact) mass is 246 g/mol. The molecule has 1 rings (SSSR count). The van der Waals surface area contributed by atoms with Gasteiger partial charge in [0.25, 0.3) is 0 Å². The second-order valence-corrected chi connectivity index (χ2v) is 4.67. The zero-order valence-electron chi connectivity index (χ0n) is 11.3. The minimum absolute atomic E-state index is 0.900. The third kappa shape index (κ3) is 5.17. The molecule has 1 aromatic rings. The van der Waals surface area contributed by atoms with E-state index < -0.39 is 5.97 Å². The summed E-state index contributed by atoms with van der Waals surface area (Å²) in [6, 6.07) is 6.30. The van der Waals surface area contributed by atoms with Gasteiger partial charge < -0.3 is 5.11 Å². The molecule has 0 aromatic heterocycles. The number of hydrogen-bond acceptors (Lipinski definition) is 1. The van der Waals surface area contributed by atoms with E-state index in [0.717, 1.165) is 17.5 Å². The summed E-state index contributed by atoms with van der Waals surface area (Å²) in [7, 11) is 0. The molecular weight excluding hydrogens is 224 g/mol. The highest BCUT2D eigenvalue weighted by Crippen LogP contribution is 2.15. The molecule has 0 radical (unpaired) electrons. The third-order valence-corrected chi connectivity index (χ3v) is 3.07. The fourth-order valence-electron chi connectivity index (χ4n) is 1.94. The Bertz CT molecular complexity index is 419. The molecule has 0 heterocycles. The normalized spacial score (nSPS) is 11.0. The number of hydrogen-bond donors (Lipinski definition) is 1. The van der Waals surface area contributed by atoms with Crippen LogP contribution in [0.5, 0.6) is 0 Å². The summed E-state index contributed by atoms with van der Waals surface area (Å²) < 4.78 is 0. The van der Waals surface area contributed by atoms with Gasteiger partial charge >= 0.3 is 5.97 Å². The lowest BCUT2D eigenvalue weighted by Crippen LogP contribution is -1.91. The fraction of sp³-hybridized carbons (Fsp3) is 0.438. The van der Waals surface area contributed by atoms with E-state index in [4.69, 9.17) is 5.11 Å². The van der Waals surface area contributed by atoms with Crippen molar-refractivity contribution in [3.05, 3.63) is 41.0 Å². The predicted molar refractivity (Wildman–Crippen MR) is 75.7 cm³/mol.